The Kier molecular flexibility index (Phi) is 6.48. The number of benzene rings is 1. The van der Waals surface area contributed by atoms with Gasteiger partial charge in [0.05, 0.1) is 6.21 Å². The smallest absolute Gasteiger partial charge is 0.252 e. The van der Waals surface area contributed by atoms with Crippen LogP contribution in [-0.2, 0) is 14.8 Å². The van der Waals surface area contributed by atoms with Crippen LogP contribution in [0.3, 0.4) is 0 Å². The van der Waals surface area contributed by atoms with Crippen LogP contribution in [0.1, 0.15) is 18.4 Å². The van der Waals surface area contributed by atoms with E-state index in [9.17, 15) is 13.2 Å². The second-order valence-electron chi connectivity index (χ2n) is 6.83. The van der Waals surface area contributed by atoms with Gasteiger partial charge in [-0.25, -0.2) is 13.8 Å². The summed E-state index contributed by atoms with van der Waals surface area (Å²) in [7, 11) is 0.502. The predicted molar refractivity (Wildman–Crippen MR) is 112 cm³/mol. The number of hydrogen-bond acceptors (Lipinski definition) is 6. The van der Waals surface area contributed by atoms with Gasteiger partial charge < -0.3 is 4.90 Å². The van der Waals surface area contributed by atoms with Crippen LogP contribution in [0.15, 0.2) is 51.1 Å². The largest absolute Gasteiger partial charge is 0.378 e. The molecule has 7 nitrogen and oxygen atoms in total. The van der Waals surface area contributed by atoms with Gasteiger partial charge in [-0.3, -0.25) is 4.79 Å². The highest BCUT2D eigenvalue weighted by Gasteiger charge is 2.32. The SMILES string of the molecule is CN(C)c1ccc(/C=N/NC(=O)C2CCN(S(=O)(=O)c3cccs3)CC2)cc1. The molecule has 1 saturated heterocycles. The molecular formula is C19H24N4O3S2. The van der Waals surface area contributed by atoms with Gasteiger partial charge in [0.1, 0.15) is 4.21 Å². The maximum Gasteiger partial charge on any atom is 0.252 e. The number of nitrogens with one attached hydrogen (secondary N) is 1. The molecule has 0 radical (unpaired) electrons. The molecule has 0 spiro atoms. The topological polar surface area (TPSA) is 82.1 Å². The lowest BCUT2D eigenvalue weighted by molar-refractivity contribution is -0.126. The van der Waals surface area contributed by atoms with Gasteiger partial charge in [0.2, 0.25) is 5.91 Å². The Morgan fingerprint density at radius 2 is 1.89 bits per heavy atom. The van der Waals surface area contributed by atoms with Gasteiger partial charge in [-0.05, 0) is 42.0 Å². The van der Waals surface area contributed by atoms with Crippen molar-refractivity contribution in [3.8, 4) is 0 Å². The summed E-state index contributed by atoms with van der Waals surface area (Å²) >= 11 is 1.21. The molecule has 1 aliphatic rings. The van der Waals surface area contributed by atoms with Crippen LogP contribution < -0.4 is 10.3 Å². The first kappa shape index (κ1) is 20.5. The zero-order chi connectivity index (χ0) is 20.1. The predicted octanol–water partition coefficient (Wildman–Crippen LogP) is 2.37. The first-order chi connectivity index (χ1) is 13.4. The van der Waals surface area contributed by atoms with Crippen molar-refractivity contribution in [2.24, 2.45) is 11.0 Å². The third-order valence-corrected chi connectivity index (χ3v) is 7.98. The Labute approximate surface area is 169 Å². The van der Waals surface area contributed by atoms with Crippen molar-refractivity contribution < 1.29 is 13.2 Å². The Balaban J connectivity index is 1.50. The molecule has 1 aromatic heterocycles. The number of rotatable bonds is 6. The van der Waals surface area contributed by atoms with Gasteiger partial charge in [0.15, 0.2) is 0 Å². The van der Waals surface area contributed by atoms with Crippen LogP contribution in [0.25, 0.3) is 0 Å². The number of anilines is 1. The van der Waals surface area contributed by atoms with Gasteiger partial charge in [0, 0.05) is 38.8 Å². The average Bonchev–Trinajstić information content (AvgIpc) is 3.24. The van der Waals surface area contributed by atoms with E-state index in [1.54, 1.807) is 23.7 Å². The van der Waals surface area contributed by atoms with Crippen molar-refractivity contribution >= 4 is 39.2 Å². The molecule has 1 amide bonds. The fourth-order valence-electron chi connectivity index (χ4n) is 3.02. The van der Waals surface area contributed by atoms with Crippen molar-refractivity contribution in [2.75, 3.05) is 32.1 Å². The van der Waals surface area contributed by atoms with E-state index >= 15 is 0 Å². The Morgan fingerprint density at radius 3 is 2.46 bits per heavy atom. The molecule has 28 heavy (non-hydrogen) atoms. The average molecular weight is 421 g/mol. The third kappa shape index (κ3) is 4.78. The summed E-state index contributed by atoms with van der Waals surface area (Å²) in [6.45, 7) is 0.683. The van der Waals surface area contributed by atoms with Crippen LogP contribution in [0.4, 0.5) is 5.69 Å². The van der Waals surface area contributed by atoms with Gasteiger partial charge in [-0.2, -0.15) is 9.41 Å². The number of thiophene rings is 1. The standard InChI is InChI=1S/C19H24N4O3S2/c1-22(2)17-7-5-15(6-8-17)14-20-21-19(24)16-9-11-23(12-10-16)28(25,26)18-4-3-13-27-18/h3-8,13-14,16H,9-12H2,1-2H3,(H,21,24)/b20-14+. The van der Waals surface area contributed by atoms with E-state index in [1.165, 1.54) is 15.6 Å². The summed E-state index contributed by atoms with van der Waals surface area (Å²) in [5, 5.41) is 5.78. The fourth-order valence-corrected chi connectivity index (χ4v) is 5.63. The molecule has 1 aliphatic heterocycles. The van der Waals surface area contributed by atoms with E-state index in [1.807, 2.05) is 43.3 Å². The molecule has 0 aliphatic carbocycles. The summed E-state index contributed by atoms with van der Waals surface area (Å²) in [4.78, 5) is 14.3. The van der Waals surface area contributed by atoms with Crippen molar-refractivity contribution in [1.29, 1.82) is 0 Å². The second-order valence-corrected chi connectivity index (χ2v) is 9.94. The van der Waals surface area contributed by atoms with Crippen LogP contribution in [0.2, 0.25) is 0 Å². The molecule has 1 fully saturated rings. The second kappa shape index (κ2) is 8.85. The normalized spacial score (nSPS) is 16.4. The highest BCUT2D eigenvalue weighted by Crippen LogP contribution is 2.26. The molecule has 0 atom stereocenters. The van der Waals surface area contributed by atoms with Crippen molar-refractivity contribution in [3.63, 3.8) is 0 Å². The highest BCUT2D eigenvalue weighted by atomic mass is 32.2. The molecule has 2 aromatic rings. The number of carbonyl (C=O) groups excluding carboxylic acids is 1. The summed E-state index contributed by atoms with van der Waals surface area (Å²) in [5.74, 6) is -0.405. The molecule has 0 bridgehead atoms. The van der Waals surface area contributed by atoms with E-state index in [4.69, 9.17) is 0 Å². The number of sulfonamides is 1. The molecule has 150 valence electrons. The maximum atomic E-state index is 12.5. The minimum atomic E-state index is -3.44. The molecule has 1 N–H and O–H groups in total. The zero-order valence-corrected chi connectivity index (χ0v) is 17.5. The summed E-state index contributed by atoms with van der Waals surface area (Å²) in [5.41, 5.74) is 4.55. The number of piperidine rings is 1. The minimum absolute atomic E-state index is 0.172. The van der Waals surface area contributed by atoms with Crippen molar-refractivity contribution in [3.05, 3.63) is 47.3 Å². The summed E-state index contributed by atoms with van der Waals surface area (Å²) in [6.07, 6.45) is 2.58. The maximum absolute atomic E-state index is 12.5. The number of carbonyl (C=O) groups is 1. The third-order valence-electron chi connectivity index (χ3n) is 4.71. The summed E-state index contributed by atoms with van der Waals surface area (Å²) in [6, 6.07) is 11.2. The molecular weight excluding hydrogens is 396 g/mol. The van der Waals surface area contributed by atoms with E-state index in [-0.39, 0.29) is 11.8 Å². The monoisotopic (exact) mass is 420 g/mol. The lowest BCUT2D eigenvalue weighted by Crippen LogP contribution is -2.42. The van der Waals surface area contributed by atoms with E-state index in [2.05, 4.69) is 10.5 Å². The first-order valence-electron chi connectivity index (χ1n) is 9.02. The summed E-state index contributed by atoms with van der Waals surface area (Å²) < 4.78 is 26.9. The highest BCUT2D eigenvalue weighted by molar-refractivity contribution is 7.91. The number of amides is 1. The number of hydrazone groups is 1. The van der Waals surface area contributed by atoms with Crippen molar-refractivity contribution in [2.45, 2.75) is 17.1 Å². The molecule has 9 heteroatoms. The Hall–Kier alpha value is -2.23. The molecule has 1 aromatic carbocycles. The first-order valence-corrected chi connectivity index (χ1v) is 11.3. The van der Waals surface area contributed by atoms with E-state index < -0.39 is 10.0 Å². The van der Waals surface area contributed by atoms with E-state index in [0.717, 1.165) is 11.3 Å². The fraction of sp³-hybridized carbons (Fsp3) is 0.368. The van der Waals surface area contributed by atoms with Crippen molar-refractivity contribution in [1.82, 2.24) is 9.73 Å². The lowest BCUT2D eigenvalue weighted by Gasteiger charge is -2.29. The minimum Gasteiger partial charge on any atom is -0.378 e. The van der Waals surface area contributed by atoms with Gasteiger partial charge >= 0.3 is 0 Å². The number of nitrogens with zero attached hydrogens (tertiary/aromatic N) is 3. The lowest BCUT2D eigenvalue weighted by atomic mass is 9.98. The number of hydrogen-bond donors (Lipinski definition) is 1. The molecule has 2 heterocycles. The van der Waals surface area contributed by atoms with Crippen LogP contribution in [0.5, 0.6) is 0 Å². The van der Waals surface area contributed by atoms with Gasteiger partial charge in [-0.1, -0.05) is 18.2 Å². The van der Waals surface area contributed by atoms with Crippen LogP contribution >= 0.6 is 11.3 Å². The van der Waals surface area contributed by atoms with Gasteiger partial charge in [0.25, 0.3) is 10.0 Å². The quantitative estimate of drug-likeness (QED) is 0.575. The zero-order valence-electron chi connectivity index (χ0n) is 15.9. The Bertz CT molecular complexity index is 915. The van der Waals surface area contributed by atoms with E-state index in [0.29, 0.717) is 30.1 Å². The van der Waals surface area contributed by atoms with Crippen LogP contribution in [-0.4, -0.2) is 52.0 Å². The Morgan fingerprint density at radius 1 is 1.21 bits per heavy atom. The van der Waals surface area contributed by atoms with Crippen LogP contribution in [0, 0.1) is 5.92 Å². The molecule has 3 rings (SSSR count). The molecule has 0 unspecified atom stereocenters. The molecule has 0 saturated carbocycles. The van der Waals surface area contributed by atoms with Gasteiger partial charge in [-0.15, -0.1) is 11.3 Å².